The van der Waals surface area contributed by atoms with Gasteiger partial charge in [0, 0.05) is 6.54 Å². The maximum atomic E-state index is 11.7. The van der Waals surface area contributed by atoms with Crippen molar-refractivity contribution in [3.8, 4) is 5.75 Å². The van der Waals surface area contributed by atoms with Crippen LogP contribution in [0.5, 0.6) is 5.75 Å². The van der Waals surface area contributed by atoms with Crippen molar-refractivity contribution in [1.82, 2.24) is 5.32 Å². The van der Waals surface area contributed by atoms with Crippen molar-refractivity contribution in [3.05, 3.63) is 65.7 Å². The Labute approximate surface area is 119 Å². The summed E-state index contributed by atoms with van der Waals surface area (Å²) < 4.78 is 0. The molecule has 20 heavy (non-hydrogen) atoms. The summed E-state index contributed by atoms with van der Waals surface area (Å²) in [5.74, 6) is 0.336. The smallest absolute Gasteiger partial charge is 0.224 e. The van der Waals surface area contributed by atoms with E-state index in [1.54, 1.807) is 12.1 Å². The first-order valence-electron chi connectivity index (χ1n) is 6.82. The summed E-state index contributed by atoms with van der Waals surface area (Å²) in [6, 6.07) is 16.9. The van der Waals surface area contributed by atoms with Crippen molar-refractivity contribution in [2.75, 3.05) is 6.54 Å². The van der Waals surface area contributed by atoms with Gasteiger partial charge in [-0.1, -0.05) is 42.5 Å². The lowest BCUT2D eigenvalue weighted by Crippen LogP contribution is -2.26. The Morgan fingerprint density at radius 1 is 1.00 bits per heavy atom. The molecule has 0 aliphatic rings. The minimum atomic E-state index is 0.0482. The van der Waals surface area contributed by atoms with Crippen LogP contribution in [0.4, 0.5) is 0 Å². The van der Waals surface area contributed by atoms with Crippen LogP contribution in [0.3, 0.4) is 0 Å². The second-order valence-corrected chi connectivity index (χ2v) is 4.79. The summed E-state index contributed by atoms with van der Waals surface area (Å²) in [5.41, 5.74) is 2.11. The predicted octanol–water partition coefficient (Wildman–Crippen LogP) is 2.68. The molecule has 0 heterocycles. The number of nitrogens with one attached hydrogen (secondary N) is 1. The van der Waals surface area contributed by atoms with Gasteiger partial charge in [-0.25, -0.2) is 0 Å². The summed E-state index contributed by atoms with van der Waals surface area (Å²) in [5, 5.41) is 12.3. The Morgan fingerprint density at radius 3 is 2.50 bits per heavy atom. The van der Waals surface area contributed by atoms with Gasteiger partial charge >= 0.3 is 0 Å². The lowest BCUT2D eigenvalue weighted by atomic mass is 10.1. The van der Waals surface area contributed by atoms with Crippen LogP contribution in [0.15, 0.2) is 54.6 Å². The first-order chi connectivity index (χ1) is 9.74. The van der Waals surface area contributed by atoms with Gasteiger partial charge in [0.25, 0.3) is 0 Å². The van der Waals surface area contributed by atoms with Crippen molar-refractivity contribution < 1.29 is 9.90 Å². The molecule has 2 N–H and O–H groups in total. The highest BCUT2D eigenvalue weighted by molar-refractivity contribution is 5.78. The molecule has 0 aliphatic carbocycles. The Morgan fingerprint density at radius 2 is 1.75 bits per heavy atom. The average Bonchev–Trinajstić information content (AvgIpc) is 2.45. The summed E-state index contributed by atoms with van der Waals surface area (Å²) in [6.07, 6.45) is 2.14. The number of hydrogen-bond acceptors (Lipinski definition) is 2. The van der Waals surface area contributed by atoms with E-state index in [1.807, 2.05) is 42.5 Å². The van der Waals surface area contributed by atoms with Gasteiger partial charge in [0.1, 0.15) is 5.75 Å². The topological polar surface area (TPSA) is 49.3 Å². The summed E-state index contributed by atoms with van der Waals surface area (Å²) >= 11 is 0. The molecule has 3 heteroatoms. The lowest BCUT2D eigenvalue weighted by molar-refractivity contribution is -0.120. The third kappa shape index (κ3) is 4.76. The standard InChI is InChI=1S/C17H19NO2/c19-16-10-4-8-14(12-16)9-5-11-18-17(20)13-15-6-2-1-3-7-15/h1-4,6-8,10,12,19H,5,9,11,13H2,(H,18,20). The van der Waals surface area contributed by atoms with Crippen molar-refractivity contribution in [2.45, 2.75) is 19.3 Å². The molecular weight excluding hydrogens is 250 g/mol. The third-order valence-electron chi connectivity index (χ3n) is 3.08. The maximum absolute atomic E-state index is 11.7. The lowest BCUT2D eigenvalue weighted by Gasteiger charge is -2.06. The summed E-state index contributed by atoms with van der Waals surface area (Å²) in [6.45, 7) is 0.654. The van der Waals surface area contributed by atoms with E-state index in [-0.39, 0.29) is 11.7 Å². The number of aryl methyl sites for hydroxylation is 1. The fourth-order valence-corrected chi connectivity index (χ4v) is 2.08. The molecule has 2 aromatic rings. The fourth-order valence-electron chi connectivity index (χ4n) is 2.08. The van der Waals surface area contributed by atoms with E-state index in [2.05, 4.69) is 5.32 Å². The number of rotatable bonds is 6. The van der Waals surface area contributed by atoms with E-state index in [9.17, 15) is 9.90 Å². The molecule has 0 spiro atoms. The monoisotopic (exact) mass is 269 g/mol. The summed E-state index contributed by atoms with van der Waals surface area (Å²) in [4.78, 5) is 11.7. The molecule has 0 atom stereocenters. The normalized spacial score (nSPS) is 10.2. The molecule has 0 fully saturated rings. The van der Waals surface area contributed by atoms with Crippen molar-refractivity contribution >= 4 is 5.91 Å². The van der Waals surface area contributed by atoms with Crippen LogP contribution in [0.2, 0.25) is 0 Å². The largest absolute Gasteiger partial charge is 0.508 e. The van der Waals surface area contributed by atoms with Crippen molar-refractivity contribution in [1.29, 1.82) is 0 Å². The fraction of sp³-hybridized carbons (Fsp3) is 0.235. The number of carbonyl (C=O) groups excluding carboxylic acids is 1. The quantitative estimate of drug-likeness (QED) is 0.792. The van der Waals surface area contributed by atoms with E-state index in [0.29, 0.717) is 13.0 Å². The van der Waals surface area contributed by atoms with Crippen LogP contribution in [-0.2, 0) is 17.6 Å². The van der Waals surface area contributed by atoms with Crippen LogP contribution >= 0.6 is 0 Å². The van der Waals surface area contributed by atoms with Crippen LogP contribution in [-0.4, -0.2) is 17.6 Å². The molecule has 0 saturated carbocycles. The molecule has 104 valence electrons. The van der Waals surface area contributed by atoms with Gasteiger partial charge in [0.2, 0.25) is 5.91 Å². The number of aromatic hydroxyl groups is 1. The van der Waals surface area contributed by atoms with E-state index in [4.69, 9.17) is 0 Å². The van der Waals surface area contributed by atoms with Crippen LogP contribution in [0.1, 0.15) is 17.5 Å². The highest BCUT2D eigenvalue weighted by atomic mass is 16.3. The zero-order valence-corrected chi connectivity index (χ0v) is 11.4. The van der Waals surface area contributed by atoms with Crippen LogP contribution < -0.4 is 5.32 Å². The van der Waals surface area contributed by atoms with Crippen LogP contribution in [0, 0.1) is 0 Å². The third-order valence-corrected chi connectivity index (χ3v) is 3.08. The number of benzene rings is 2. The maximum Gasteiger partial charge on any atom is 0.224 e. The van der Waals surface area contributed by atoms with Gasteiger partial charge in [-0.2, -0.15) is 0 Å². The zero-order chi connectivity index (χ0) is 14.2. The van der Waals surface area contributed by atoms with Crippen molar-refractivity contribution in [3.63, 3.8) is 0 Å². The highest BCUT2D eigenvalue weighted by Gasteiger charge is 2.02. The van der Waals surface area contributed by atoms with Crippen molar-refractivity contribution in [2.24, 2.45) is 0 Å². The Bertz CT molecular complexity index is 552. The predicted molar refractivity (Wildman–Crippen MR) is 79.6 cm³/mol. The number of carbonyl (C=O) groups is 1. The minimum absolute atomic E-state index is 0.0482. The number of phenolic OH excluding ortho intramolecular Hbond substituents is 1. The first-order valence-corrected chi connectivity index (χ1v) is 6.82. The second kappa shape index (κ2) is 7.34. The molecule has 0 radical (unpaired) electrons. The van der Waals surface area contributed by atoms with Crippen LogP contribution in [0.25, 0.3) is 0 Å². The van der Waals surface area contributed by atoms with Gasteiger partial charge in [-0.05, 0) is 36.1 Å². The van der Waals surface area contributed by atoms with Gasteiger partial charge in [0.05, 0.1) is 6.42 Å². The molecular formula is C17H19NO2. The zero-order valence-electron chi connectivity index (χ0n) is 11.4. The molecule has 3 nitrogen and oxygen atoms in total. The molecule has 2 aromatic carbocycles. The van der Waals surface area contributed by atoms with Gasteiger partial charge in [-0.15, -0.1) is 0 Å². The molecule has 0 aliphatic heterocycles. The second-order valence-electron chi connectivity index (χ2n) is 4.79. The average molecular weight is 269 g/mol. The molecule has 2 rings (SSSR count). The number of amides is 1. The van der Waals surface area contributed by atoms with E-state index < -0.39 is 0 Å². The highest BCUT2D eigenvalue weighted by Crippen LogP contribution is 2.12. The Kier molecular flexibility index (Phi) is 5.18. The molecule has 0 saturated heterocycles. The SMILES string of the molecule is O=C(Cc1ccccc1)NCCCc1cccc(O)c1. The number of phenols is 1. The molecule has 1 amide bonds. The molecule has 0 bridgehead atoms. The van der Waals surface area contributed by atoms with Gasteiger partial charge in [-0.3, -0.25) is 4.79 Å². The molecule has 0 aromatic heterocycles. The molecule has 0 unspecified atom stereocenters. The summed E-state index contributed by atoms with van der Waals surface area (Å²) in [7, 11) is 0. The first kappa shape index (κ1) is 14.1. The Balaban J connectivity index is 1.67. The minimum Gasteiger partial charge on any atom is -0.508 e. The van der Waals surface area contributed by atoms with E-state index in [0.717, 1.165) is 24.0 Å². The van der Waals surface area contributed by atoms with E-state index in [1.165, 1.54) is 0 Å². The van der Waals surface area contributed by atoms with Gasteiger partial charge < -0.3 is 10.4 Å². The number of hydrogen-bond donors (Lipinski definition) is 2. The van der Waals surface area contributed by atoms with Gasteiger partial charge in [0.15, 0.2) is 0 Å². The van der Waals surface area contributed by atoms with E-state index >= 15 is 0 Å². The Hall–Kier alpha value is -2.29.